The van der Waals surface area contributed by atoms with Crippen molar-refractivity contribution < 1.29 is 4.79 Å². The summed E-state index contributed by atoms with van der Waals surface area (Å²) in [7, 11) is 1.94. The number of rotatable bonds is 5. The van der Waals surface area contributed by atoms with Gasteiger partial charge >= 0.3 is 0 Å². The molecule has 0 amide bonds. The third-order valence-electron chi connectivity index (χ3n) is 4.66. The Kier molecular flexibility index (Phi) is 4.67. The lowest BCUT2D eigenvalue weighted by atomic mass is 10.0. The highest BCUT2D eigenvalue weighted by atomic mass is 16.1. The van der Waals surface area contributed by atoms with Gasteiger partial charge in [-0.3, -0.25) is 4.79 Å². The van der Waals surface area contributed by atoms with Gasteiger partial charge in [-0.15, -0.1) is 0 Å². The van der Waals surface area contributed by atoms with Crippen LogP contribution in [-0.2, 0) is 0 Å². The standard InChI is InChI=1S/C24H20N2O/c1-26(19-12-6-3-7-13-19)17-24(27)21-16-23(18-10-4-2-5-11-18)25-22-15-9-8-14-20(21)22/h2-16H,17H2,1H3. The van der Waals surface area contributed by atoms with Crippen molar-refractivity contribution in [2.45, 2.75) is 0 Å². The topological polar surface area (TPSA) is 33.2 Å². The smallest absolute Gasteiger partial charge is 0.182 e. The van der Waals surface area contributed by atoms with E-state index >= 15 is 0 Å². The summed E-state index contributed by atoms with van der Waals surface area (Å²) in [6.07, 6.45) is 0. The fraction of sp³-hybridized carbons (Fsp3) is 0.0833. The molecule has 0 aliphatic carbocycles. The zero-order valence-corrected chi connectivity index (χ0v) is 15.2. The molecular weight excluding hydrogens is 332 g/mol. The molecule has 27 heavy (non-hydrogen) atoms. The molecule has 0 spiro atoms. The molecule has 0 aliphatic rings. The lowest BCUT2D eigenvalue weighted by Gasteiger charge is -2.19. The first-order valence-electron chi connectivity index (χ1n) is 8.97. The number of pyridine rings is 1. The number of para-hydroxylation sites is 2. The molecule has 0 atom stereocenters. The summed E-state index contributed by atoms with van der Waals surface area (Å²) in [5.74, 6) is 0.0807. The minimum absolute atomic E-state index is 0.0807. The first-order valence-corrected chi connectivity index (χ1v) is 8.97. The van der Waals surface area contributed by atoms with Crippen molar-refractivity contribution in [1.29, 1.82) is 0 Å². The average molecular weight is 352 g/mol. The summed E-state index contributed by atoms with van der Waals surface area (Å²) >= 11 is 0. The fourth-order valence-electron chi connectivity index (χ4n) is 3.24. The van der Waals surface area contributed by atoms with Gasteiger partial charge in [0.25, 0.3) is 0 Å². The Balaban J connectivity index is 1.74. The summed E-state index contributed by atoms with van der Waals surface area (Å²) in [6, 6.07) is 29.7. The molecule has 4 rings (SSSR count). The largest absolute Gasteiger partial charge is 0.367 e. The number of hydrogen-bond donors (Lipinski definition) is 0. The molecule has 0 N–H and O–H groups in total. The van der Waals surface area contributed by atoms with Crippen LogP contribution < -0.4 is 4.90 Å². The Bertz CT molecular complexity index is 1080. The first-order chi connectivity index (χ1) is 13.2. The summed E-state index contributed by atoms with van der Waals surface area (Å²) in [4.78, 5) is 19.9. The Labute approximate surface area is 158 Å². The van der Waals surface area contributed by atoms with Gasteiger partial charge in [0.05, 0.1) is 17.8 Å². The Hall–Kier alpha value is -3.46. The van der Waals surface area contributed by atoms with Gasteiger partial charge in [0, 0.05) is 29.2 Å². The lowest BCUT2D eigenvalue weighted by molar-refractivity contribution is 0.100. The Morgan fingerprint density at radius 2 is 1.48 bits per heavy atom. The molecule has 0 saturated carbocycles. The highest BCUT2D eigenvalue weighted by molar-refractivity contribution is 6.10. The van der Waals surface area contributed by atoms with Crippen LogP contribution in [0.25, 0.3) is 22.2 Å². The summed E-state index contributed by atoms with van der Waals surface area (Å²) in [5.41, 5.74) is 4.40. The summed E-state index contributed by atoms with van der Waals surface area (Å²) in [5, 5.41) is 0.892. The SMILES string of the molecule is CN(CC(=O)c1cc(-c2ccccc2)nc2ccccc12)c1ccccc1. The highest BCUT2D eigenvalue weighted by Gasteiger charge is 2.16. The second-order valence-electron chi connectivity index (χ2n) is 6.55. The molecule has 1 heterocycles. The molecule has 4 aromatic rings. The van der Waals surface area contributed by atoms with Gasteiger partial charge in [0.2, 0.25) is 0 Å². The number of nitrogens with zero attached hydrogens (tertiary/aromatic N) is 2. The van der Waals surface area contributed by atoms with Crippen molar-refractivity contribution >= 4 is 22.4 Å². The van der Waals surface area contributed by atoms with E-state index in [0.717, 1.165) is 27.8 Å². The van der Waals surface area contributed by atoms with Crippen LogP contribution in [0.4, 0.5) is 5.69 Å². The normalized spacial score (nSPS) is 10.7. The predicted molar refractivity (Wildman–Crippen MR) is 111 cm³/mol. The first kappa shape index (κ1) is 17.0. The van der Waals surface area contributed by atoms with Crippen LogP contribution in [0.15, 0.2) is 91.0 Å². The van der Waals surface area contributed by atoms with Crippen molar-refractivity contribution in [3.8, 4) is 11.3 Å². The second-order valence-corrected chi connectivity index (χ2v) is 6.55. The third-order valence-corrected chi connectivity index (χ3v) is 4.66. The van der Waals surface area contributed by atoms with Crippen LogP contribution in [-0.4, -0.2) is 24.4 Å². The van der Waals surface area contributed by atoms with E-state index in [1.165, 1.54) is 0 Å². The van der Waals surface area contributed by atoms with Gasteiger partial charge in [-0.2, -0.15) is 0 Å². The molecule has 0 saturated heterocycles. The van der Waals surface area contributed by atoms with Crippen molar-refractivity contribution in [2.24, 2.45) is 0 Å². The maximum atomic E-state index is 13.2. The molecule has 3 aromatic carbocycles. The molecule has 0 unspecified atom stereocenters. The van der Waals surface area contributed by atoms with E-state index in [4.69, 9.17) is 4.98 Å². The molecule has 0 bridgehead atoms. The van der Waals surface area contributed by atoms with Crippen molar-refractivity contribution in [1.82, 2.24) is 4.98 Å². The number of benzene rings is 3. The second kappa shape index (κ2) is 7.42. The number of carbonyl (C=O) groups excluding carboxylic acids is 1. The van der Waals surface area contributed by atoms with Crippen molar-refractivity contribution in [2.75, 3.05) is 18.5 Å². The van der Waals surface area contributed by atoms with E-state index < -0.39 is 0 Å². The maximum absolute atomic E-state index is 13.2. The van der Waals surface area contributed by atoms with Gasteiger partial charge in [-0.1, -0.05) is 66.7 Å². The number of hydrogen-bond acceptors (Lipinski definition) is 3. The Morgan fingerprint density at radius 3 is 2.22 bits per heavy atom. The summed E-state index contributed by atoms with van der Waals surface area (Å²) < 4.78 is 0. The number of likely N-dealkylation sites (N-methyl/N-ethyl adjacent to an activating group) is 1. The van der Waals surface area contributed by atoms with Gasteiger partial charge < -0.3 is 4.90 Å². The van der Waals surface area contributed by atoms with Crippen LogP contribution in [0.2, 0.25) is 0 Å². The Morgan fingerprint density at radius 1 is 0.852 bits per heavy atom. The molecule has 0 radical (unpaired) electrons. The molecule has 0 fully saturated rings. The van der Waals surface area contributed by atoms with Crippen LogP contribution in [0.3, 0.4) is 0 Å². The van der Waals surface area contributed by atoms with Gasteiger partial charge in [0.15, 0.2) is 5.78 Å². The van der Waals surface area contributed by atoms with E-state index in [2.05, 4.69) is 0 Å². The van der Waals surface area contributed by atoms with Crippen molar-refractivity contribution in [3.63, 3.8) is 0 Å². The number of ketones is 1. The van der Waals surface area contributed by atoms with E-state index in [-0.39, 0.29) is 5.78 Å². The summed E-state index contributed by atoms with van der Waals surface area (Å²) in [6.45, 7) is 0.312. The minimum atomic E-state index is 0.0807. The third kappa shape index (κ3) is 3.58. The number of aromatic nitrogens is 1. The molecule has 1 aromatic heterocycles. The zero-order valence-electron chi connectivity index (χ0n) is 15.2. The molecular formula is C24H20N2O. The molecule has 3 heteroatoms. The zero-order chi connectivity index (χ0) is 18.6. The van der Waals surface area contributed by atoms with E-state index in [9.17, 15) is 4.79 Å². The minimum Gasteiger partial charge on any atom is -0.367 e. The quantitative estimate of drug-likeness (QED) is 0.462. The molecule has 0 aliphatic heterocycles. The van der Waals surface area contributed by atoms with E-state index in [1.54, 1.807) is 0 Å². The number of Topliss-reactive ketones (excluding diaryl/α,β-unsaturated/α-hetero) is 1. The van der Waals surface area contributed by atoms with E-state index in [0.29, 0.717) is 12.1 Å². The predicted octanol–water partition coefficient (Wildman–Crippen LogP) is 5.22. The van der Waals surface area contributed by atoms with E-state index in [1.807, 2.05) is 103 Å². The van der Waals surface area contributed by atoms with Gasteiger partial charge in [0.1, 0.15) is 0 Å². The number of carbonyl (C=O) groups is 1. The van der Waals surface area contributed by atoms with Crippen LogP contribution in [0.5, 0.6) is 0 Å². The number of fused-ring (bicyclic) bond motifs is 1. The molecule has 3 nitrogen and oxygen atoms in total. The highest BCUT2D eigenvalue weighted by Crippen LogP contribution is 2.25. The fourth-order valence-corrected chi connectivity index (χ4v) is 3.24. The maximum Gasteiger partial charge on any atom is 0.182 e. The monoisotopic (exact) mass is 352 g/mol. The lowest BCUT2D eigenvalue weighted by Crippen LogP contribution is -2.25. The van der Waals surface area contributed by atoms with Crippen LogP contribution >= 0.6 is 0 Å². The van der Waals surface area contributed by atoms with Crippen LogP contribution in [0, 0.1) is 0 Å². The molecule has 132 valence electrons. The number of anilines is 1. The van der Waals surface area contributed by atoms with Crippen LogP contribution in [0.1, 0.15) is 10.4 Å². The van der Waals surface area contributed by atoms with Gasteiger partial charge in [-0.25, -0.2) is 4.98 Å². The average Bonchev–Trinajstić information content (AvgIpc) is 2.74. The van der Waals surface area contributed by atoms with Crippen molar-refractivity contribution in [3.05, 3.63) is 96.6 Å². The van der Waals surface area contributed by atoms with Gasteiger partial charge in [-0.05, 0) is 24.3 Å².